The third-order valence-corrected chi connectivity index (χ3v) is 7.31. The van der Waals surface area contributed by atoms with E-state index in [1.165, 1.54) is 57.9 Å². The fraction of sp³-hybridized carbons (Fsp3) is 0.389. The maximum atomic E-state index is 8.76. The second-order valence-corrected chi connectivity index (χ2v) is 11.3. The molecule has 0 spiro atoms. The van der Waals surface area contributed by atoms with Gasteiger partial charge in [0, 0.05) is 15.0 Å². The normalized spacial score (nSPS) is 14.7. The fourth-order valence-electron chi connectivity index (χ4n) is 5.00. The van der Waals surface area contributed by atoms with Gasteiger partial charge in [0.05, 0.1) is 0 Å². The molecule has 2 heteroatoms. The van der Waals surface area contributed by atoms with Crippen LogP contribution in [0.5, 0.6) is 0 Å². The van der Waals surface area contributed by atoms with Crippen molar-refractivity contribution in [2.45, 2.75) is 73.6 Å². The molecule has 0 saturated carbocycles. The molecule has 0 heterocycles. The molecule has 2 atom stereocenters. The van der Waals surface area contributed by atoms with Crippen LogP contribution in [0.4, 0.5) is 0 Å². The summed E-state index contributed by atoms with van der Waals surface area (Å²) >= 11 is 0. The van der Waals surface area contributed by atoms with Gasteiger partial charge in [-0.15, -0.1) is 0 Å². The Morgan fingerprint density at radius 1 is 0.711 bits per heavy atom. The molecule has 1 aliphatic carbocycles. The van der Waals surface area contributed by atoms with Gasteiger partial charge in [-0.1, -0.05) is 115 Å². The molecule has 4 aromatic carbocycles. The Kier molecular flexibility index (Phi) is 12.8. The molecule has 199 valence electrons. The van der Waals surface area contributed by atoms with E-state index in [2.05, 4.69) is 120 Å². The van der Waals surface area contributed by atoms with Gasteiger partial charge in [0.15, 0.2) is 0 Å². The Morgan fingerprint density at radius 3 is 1.82 bits per heavy atom. The molecule has 3 radical (unpaired) electrons. The summed E-state index contributed by atoms with van der Waals surface area (Å²) in [4.78, 5) is 0. The zero-order valence-corrected chi connectivity index (χ0v) is 24.4. The van der Waals surface area contributed by atoms with Crippen LogP contribution >= 0.6 is 0 Å². The summed E-state index contributed by atoms with van der Waals surface area (Å²) in [6.45, 7) is 13.4. The van der Waals surface area contributed by atoms with Crippen LogP contribution in [0.15, 0.2) is 78.9 Å². The van der Waals surface area contributed by atoms with Crippen molar-refractivity contribution in [3.05, 3.63) is 118 Å². The van der Waals surface area contributed by atoms with Crippen LogP contribution in [-0.2, 0) is 19.3 Å². The van der Waals surface area contributed by atoms with Crippen molar-refractivity contribution in [3.63, 3.8) is 0 Å². The summed E-state index contributed by atoms with van der Waals surface area (Å²) in [5.41, 5.74) is 9.90. The van der Waals surface area contributed by atoms with Gasteiger partial charge in [-0.05, 0) is 99.1 Å². The summed E-state index contributed by atoms with van der Waals surface area (Å²) in [5.74, 6) is 1.47. The molecule has 38 heavy (non-hydrogen) atoms. The maximum absolute atomic E-state index is 8.76. The first-order valence-corrected chi connectivity index (χ1v) is 14.0. The van der Waals surface area contributed by atoms with Crippen molar-refractivity contribution in [1.29, 1.82) is 0 Å². The molecule has 0 bridgehead atoms. The van der Waals surface area contributed by atoms with Crippen molar-refractivity contribution < 1.29 is 5.11 Å². The first kappa shape index (κ1) is 31.4. The Hall–Kier alpha value is -2.84. The molecule has 0 fully saturated rings. The molecule has 4 aromatic rings. The molecular weight excluding hydrogens is 459 g/mol. The van der Waals surface area contributed by atoms with E-state index >= 15 is 0 Å². The van der Waals surface area contributed by atoms with Crippen LogP contribution in [0.2, 0.25) is 0 Å². The Bertz CT molecular complexity index is 1220. The van der Waals surface area contributed by atoms with E-state index in [1.807, 2.05) is 0 Å². The molecule has 0 aliphatic heterocycles. The number of rotatable bonds is 4. The van der Waals surface area contributed by atoms with E-state index in [0.29, 0.717) is 12.5 Å². The van der Waals surface area contributed by atoms with E-state index in [1.54, 1.807) is 11.1 Å². The quantitative estimate of drug-likeness (QED) is 0.275. The van der Waals surface area contributed by atoms with Crippen LogP contribution < -0.4 is 0 Å². The van der Waals surface area contributed by atoms with Crippen molar-refractivity contribution in [2.75, 3.05) is 6.61 Å². The predicted octanol–water partition coefficient (Wildman–Crippen LogP) is 8.75. The minimum atomic E-state index is 0. The summed E-state index contributed by atoms with van der Waals surface area (Å²) in [7, 11) is 0. The highest BCUT2D eigenvalue weighted by Gasteiger charge is 2.14. The van der Waals surface area contributed by atoms with E-state index < -0.39 is 0 Å². The molecule has 0 aromatic heterocycles. The molecule has 1 N–H and O–H groups in total. The van der Waals surface area contributed by atoms with E-state index in [4.69, 9.17) is 5.11 Å². The molecule has 2 unspecified atom stereocenters. The molecule has 0 amide bonds. The molecular formula is C36H46BO. The zero-order chi connectivity index (χ0) is 26.8. The summed E-state index contributed by atoms with van der Waals surface area (Å²) in [6.07, 6.45) is 5.92. The molecule has 1 nitrogen and oxygen atoms in total. The van der Waals surface area contributed by atoms with Gasteiger partial charge in [0.1, 0.15) is 0 Å². The lowest BCUT2D eigenvalue weighted by atomic mass is 9.84. The minimum Gasteiger partial charge on any atom is -0.396 e. The number of aliphatic hydroxyl groups excluding tert-OH is 1. The van der Waals surface area contributed by atoms with Crippen LogP contribution in [0.3, 0.4) is 0 Å². The number of benzene rings is 4. The maximum Gasteiger partial charge on any atom is 0.0433 e. The van der Waals surface area contributed by atoms with Gasteiger partial charge >= 0.3 is 0 Å². The summed E-state index contributed by atoms with van der Waals surface area (Å²) in [5, 5.41) is 11.4. The van der Waals surface area contributed by atoms with E-state index in [9.17, 15) is 0 Å². The smallest absolute Gasteiger partial charge is 0.0433 e. The fourth-order valence-corrected chi connectivity index (χ4v) is 5.00. The highest BCUT2D eigenvalue weighted by atomic mass is 16.3. The third kappa shape index (κ3) is 10.1. The number of hydrogen-bond donors (Lipinski definition) is 1. The van der Waals surface area contributed by atoms with Gasteiger partial charge in [-0.3, -0.25) is 0 Å². The van der Waals surface area contributed by atoms with Gasteiger partial charge in [0.25, 0.3) is 0 Å². The first-order chi connectivity index (χ1) is 17.7. The number of aliphatic hydroxyl groups is 1. The van der Waals surface area contributed by atoms with Gasteiger partial charge < -0.3 is 5.11 Å². The minimum absolute atomic E-state index is 0. The monoisotopic (exact) mass is 505 g/mol. The van der Waals surface area contributed by atoms with Crippen molar-refractivity contribution in [2.24, 2.45) is 11.8 Å². The van der Waals surface area contributed by atoms with Crippen LogP contribution in [0.1, 0.15) is 65.6 Å². The Balaban J connectivity index is 0.000000198. The summed E-state index contributed by atoms with van der Waals surface area (Å²) in [6, 6.07) is 28.6. The van der Waals surface area contributed by atoms with Crippen LogP contribution in [0.25, 0.3) is 10.8 Å². The highest BCUT2D eigenvalue weighted by Crippen LogP contribution is 2.25. The van der Waals surface area contributed by atoms with Crippen LogP contribution in [0, 0.1) is 39.5 Å². The number of aryl methyl sites for hydroxylation is 5. The lowest BCUT2D eigenvalue weighted by Gasteiger charge is -2.21. The average Bonchev–Trinajstić information content (AvgIpc) is 2.87. The van der Waals surface area contributed by atoms with Crippen LogP contribution in [-0.4, -0.2) is 20.1 Å². The van der Waals surface area contributed by atoms with Gasteiger partial charge in [-0.2, -0.15) is 0 Å². The lowest BCUT2D eigenvalue weighted by Crippen LogP contribution is -2.10. The Labute approximate surface area is 233 Å². The number of fused-ring (bicyclic) bond motifs is 2. The van der Waals surface area contributed by atoms with Crippen molar-refractivity contribution in [1.82, 2.24) is 0 Å². The SMILES string of the molecule is Cc1ccc(CC(C)CCO)cc1.Cc1ccc2c(c1)CCC(C)C2.Cc1ccc2cc(C)ccc2c1.[B]. The highest BCUT2D eigenvalue weighted by molar-refractivity contribution is 5.83. The largest absolute Gasteiger partial charge is 0.396 e. The molecule has 0 saturated heterocycles. The van der Waals surface area contributed by atoms with Gasteiger partial charge in [-0.25, -0.2) is 0 Å². The topological polar surface area (TPSA) is 20.2 Å². The van der Waals surface area contributed by atoms with Crippen molar-refractivity contribution in [3.8, 4) is 0 Å². The second-order valence-electron chi connectivity index (χ2n) is 11.3. The van der Waals surface area contributed by atoms with E-state index in [0.717, 1.165) is 18.8 Å². The third-order valence-electron chi connectivity index (χ3n) is 7.31. The van der Waals surface area contributed by atoms with Crippen molar-refractivity contribution >= 4 is 19.2 Å². The zero-order valence-electron chi connectivity index (χ0n) is 24.4. The predicted molar refractivity (Wildman–Crippen MR) is 167 cm³/mol. The van der Waals surface area contributed by atoms with E-state index in [-0.39, 0.29) is 8.41 Å². The summed E-state index contributed by atoms with van der Waals surface area (Å²) < 4.78 is 0. The molecule has 5 rings (SSSR count). The first-order valence-electron chi connectivity index (χ1n) is 14.0. The second kappa shape index (κ2) is 15.5. The average molecular weight is 506 g/mol. The van der Waals surface area contributed by atoms with Gasteiger partial charge in [0.2, 0.25) is 0 Å². The Morgan fingerprint density at radius 2 is 1.24 bits per heavy atom. The number of hydrogen-bond acceptors (Lipinski definition) is 1. The standard InChI is InChI=1S/C12H18O.C12H16.C12H12.B/c1-10-3-5-12(6-4-10)9-11(2)7-8-13;2*1-9-3-5-12-8-10(2)4-6-11(12)7-9;/h3-6,11,13H,7-9H2,1-2H3;3,5,7,10H,4,6,8H2,1-2H3;3-8H,1-2H3;. The lowest BCUT2D eigenvalue weighted by molar-refractivity contribution is 0.262. The molecule has 1 aliphatic rings.